The zero-order valence-electron chi connectivity index (χ0n) is 39.1. The number of hydrogen-bond donors (Lipinski definition) is 1. The Hall–Kier alpha value is -6.29. The molecule has 70 heavy (non-hydrogen) atoms. The highest BCUT2D eigenvalue weighted by Gasteiger charge is 2.54. The van der Waals surface area contributed by atoms with Crippen molar-refractivity contribution in [3.8, 4) is 0 Å². The molecule has 2 aliphatic rings. The Kier molecular flexibility index (Phi) is 15.8. The number of nitrogens with zero attached hydrogens (tertiary/aromatic N) is 2. The molecule has 1 aromatic heterocycles. The smallest absolute Gasteiger partial charge is 0.268 e. The van der Waals surface area contributed by atoms with Gasteiger partial charge in [0.15, 0.2) is 0 Å². The highest BCUT2D eigenvalue weighted by atomic mass is 32.2. The zero-order chi connectivity index (χ0) is 48.5. The van der Waals surface area contributed by atoms with Gasteiger partial charge in [-0.1, -0.05) is 152 Å². The summed E-state index contributed by atoms with van der Waals surface area (Å²) in [5, 5.41) is 13.5. The Labute approximate surface area is 409 Å². The minimum absolute atomic E-state index is 0.149. The lowest BCUT2D eigenvalue weighted by Gasteiger charge is -2.49. The number of unbranched alkanes of at least 4 members (excludes halogenated alkanes) is 3. The van der Waals surface area contributed by atoms with E-state index < -0.39 is 52.8 Å². The summed E-state index contributed by atoms with van der Waals surface area (Å²) in [4.78, 5) is 27.4. The van der Waals surface area contributed by atoms with Gasteiger partial charge in [0.25, 0.3) is 21.8 Å². The highest BCUT2D eigenvalue weighted by Crippen LogP contribution is 2.39. The van der Waals surface area contributed by atoms with Gasteiger partial charge in [-0.3, -0.25) is 14.5 Å². The first-order valence-corrected chi connectivity index (χ1v) is 25.4. The molecule has 2 heterocycles. The van der Waals surface area contributed by atoms with E-state index >= 15 is 0 Å². The van der Waals surface area contributed by atoms with Gasteiger partial charge in [0.05, 0.1) is 47.5 Å². The van der Waals surface area contributed by atoms with E-state index in [-0.39, 0.29) is 43.1 Å². The van der Waals surface area contributed by atoms with E-state index in [9.17, 15) is 23.1 Å². The molecule has 0 radical (unpaired) electrons. The predicted octanol–water partition coefficient (Wildman–Crippen LogP) is 9.70. The summed E-state index contributed by atoms with van der Waals surface area (Å²) in [6, 6.07) is 51.8. The number of carbonyl (C=O) groups excluding carboxylic acids is 2. The van der Waals surface area contributed by atoms with Crippen molar-refractivity contribution in [2.45, 2.75) is 100 Å². The van der Waals surface area contributed by atoms with Gasteiger partial charge >= 0.3 is 0 Å². The van der Waals surface area contributed by atoms with E-state index in [2.05, 4.69) is 0 Å². The number of aromatic nitrogens is 1. The molecule has 2 amide bonds. The average molecular weight is 963 g/mol. The predicted molar refractivity (Wildman–Crippen MR) is 265 cm³/mol. The molecule has 7 atom stereocenters. The minimum Gasteiger partial charge on any atom is -0.387 e. The Morgan fingerprint density at radius 1 is 0.529 bits per heavy atom. The summed E-state index contributed by atoms with van der Waals surface area (Å²) < 4.78 is 64.0. The summed E-state index contributed by atoms with van der Waals surface area (Å²) in [5.41, 5.74) is 4.72. The van der Waals surface area contributed by atoms with E-state index in [1.54, 1.807) is 72.9 Å². The third kappa shape index (κ3) is 10.9. The van der Waals surface area contributed by atoms with Crippen LogP contribution in [0, 0.1) is 0 Å². The molecule has 7 aromatic rings. The first-order chi connectivity index (χ1) is 34.2. The highest BCUT2D eigenvalue weighted by molar-refractivity contribution is 7.90. The van der Waals surface area contributed by atoms with Crippen LogP contribution in [0.2, 0.25) is 0 Å². The van der Waals surface area contributed by atoms with Crippen LogP contribution in [-0.4, -0.2) is 84.0 Å². The second-order valence-electron chi connectivity index (χ2n) is 17.8. The van der Waals surface area contributed by atoms with Crippen LogP contribution in [-0.2, 0) is 53.5 Å². The maximum atomic E-state index is 14.2. The molecule has 0 saturated heterocycles. The van der Waals surface area contributed by atoms with E-state index in [1.807, 2.05) is 110 Å². The first kappa shape index (κ1) is 48.7. The van der Waals surface area contributed by atoms with Gasteiger partial charge in [-0.15, -0.1) is 0 Å². The zero-order valence-corrected chi connectivity index (χ0v) is 39.9. The van der Waals surface area contributed by atoms with Gasteiger partial charge in [0.2, 0.25) is 0 Å². The van der Waals surface area contributed by atoms with Crippen molar-refractivity contribution in [2.24, 2.45) is 0 Å². The van der Waals surface area contributed by atoms with Crippen LogP contribution in [0.3, 0.4) is 0 Å². The molecule has 1 saturated carbocycles. The van der Waals surface area contributed by atoms with Crippen molar-refractivity contribution in [3.05, 3.63) is 209 Å². The number of amides is 2. The Morgan fingerprint density at radius 2 is 0.986 bits per heavy atom. The normalized spacial score (nSPS) is 20.7. The number of fused-ring (bicyclic) bond motifs is 2. The lowest BCUT2D eigenvalue weighted by atomic mass is 9.83. The Balaban J connectivity index is 1.01. The fraction of sp³-hybridized carbons (Fsp3) is 0.298. The van der Waals surface area contributed by atoms with Gasteiger partial charge in [0.1, 0.15) is 36.6 Å². The molecule has 1 fully saturated rings. The van der Waals surface area contributed by atoms with E-state index in [0.29, 0.717) is 47.0 Å². The molecule has 7 unspecified atom stereocenters. The Bertz CT molecular complexity index is 2900. The van der Waals surface area contributed by atoms with Gasteiger partial charge in [-0.05, 0) is 66.8 Å². The van der Waals surface area contributed by atoms with Crippen molar-refractivity contribution in [1.82, 2.24) is 8.87 Å². The van der Waals surface area contributed by atoms with Gasteiger partial charge < -0.3 is 28.8 Å². The largest absolute Gasteiger partial charge is 0.387 e. The number of rotatable bonds is 22. The summed E-state index contributed by atoms with van der Waals surface area (Å²) in [6.45, 7) is 2.99. The number of para-hydroxylation sites is 1. The molecule has 0 spiro atoms. The molecular weight excluding hydrogens is 905 g/mol. The average Bonchev–Trinajstić information content (AvgIpc) is 3.91. The van der Waals surface area contributed by atoms with Crippen LogP contribution in [0.5, 0.6) is 0 Å². The second-order valence-corrected chi connectivity index (χ2v) is 19.6. The summed E-state index contributed by atoms with van der Waals surface area (Å²) in [7, 11) is -4.00. The van der Waals surface area contributed by atoms with E-state index in [1.165, 1.54) is 8.87 Å². The molecule has 1 N–H and O–H groups in total. The third-order valence-corrected chi connectivity index (χ3v) is 14.8. The van der Waals surface area contributed by atoms with Crippen molar-refractivity contribution in [2.75, 3.05) is 13.2 Å². The second kappa shape index (κ2) is 22.6. The van der Waals surface area contributed by atoms with E-state index in [4.69, 9.17) is 23.7 Å². The fourth-order valence-corrected chi connectivity index (χ4v) is 10.9. The van der Waals surface area contributed by atoms with Gasteiger partial charge in [-0.25, -0.2) is 12.4 Å². The third-order valence-electron chi connectivity index (χ3n) is 13.1. The lowest BCUT2D eigenvalue weighted by Crippen LogP contribution is -2.67. The molecule has 0 bridgehead atoms. The maximum absolute atomic E-state index is 14.2. The SMILES string of the molecule is CC(OC1C(O)C(OCCCCCCN2C(=O)c3ccccc3C2=O)C(OCc2ccccc2)C(OCc2ccccc2)C1OCc1ccccc1)c1cn(S(=O)(=O)c2ccccc2)c2ccccc12. The number of ether oxygens (including phenoxy) is 5. The summed E-state index contributed by atoms with van der Waals surface area (Å²) >= 11 is 0. The van der Waals surface area contributed by atoms with Crippen molar-refractivity contribution in [3.63, 3.8) is 0 Å². The topological polar surface area (TPSA) is 143 Å². The fourth-order valence-electron chi connectivity index (χ4n) is 9.46. The lowest BCUT2D eigenvalue weighted by molar-refractivity contribution is -0.285. The molecule has 1 aliphatic heterocycles. The quantitative estimate of drug-likeness (QED) is 0.0516. The van der Waals surface area contributed by atoms with Crippen LogP contribution >= 0.6 is 0 Å². The van der Waals surface area contributed by atoms with Crippen molar-refractivity contribution in [1.29, 1.82) is 0 Å². The number of aliphatic hydroxyl groups is 1. The van der Waals surface area contributed by atoms with Crippen LogP contribution < -0.4 is 0 Å². The first-order valence-electron chi connectivity index (χ1n) is 24.0. The van der Waals surface area contributed by atoms with Gasteiger partial charge in [0, 0.05) is 30.3 Å². The van der Waals surface area contributed by atoms with Crippen LogP contribution in [0.1, 0.15) is 81.7 Å². The summed E-state index contributed by atoms with van der Waals surface area (Å²) in [6.07, 6.45) is -2.35. The molecular formula is C57H58N2O10S. The van der Waals surface area contributed by atoms with E-state index in [0.717, 1.165) is 29.5 Å². The van der Waals surface area contributed by atoms with Crippen molar-refractivity contribution >= 4 is 32.7 Å². The molecule has 12 nitrogen and oxygen atoms in total. The Morgan fingerprint density at radius 3 is 1.54 bits per heavy atom. The monoisotopic (exact) mass is 962 g/mol. The van der Waals surface area contributed by atoms with Gasteiger partial charge in [-0.2, -0.15) is 0 Å². The maximum Gasteiger partial charge on any atom is 0.268 e. The number of carbonyl (C=O) groups is 2. The van der Waals surface area contributed by atoms with Crippen LogP contribution in [0.15, 0.2) is 181 Å². The van der Waals surface area contributed by atoms with Crippen molar-refractivity contribution < 1.29 is 46.8 Å². The number of benzene rings is 6. The minimum atomic E-state index is -4.00. The number of imide groups is 1. The summed E-state index contributed by atoms with van der Waals surface area (Å²) in [5.74, 6) is -0.526. The molecule has 1 aliphatic carbocycles. The van der Waals surface area contributed by atoms with Crippen LogP contribution in [0.4, 0.5) is 0 Å². The standard InChI is InChI=1S/C57H58N2O10S/c1-40(48-36-59(49-33-19-18-30-45(48)49)70(63,64)44-28-14-7-15-29-44)69-52-50(60)51(65-35-21-3-2-20-34-58-56(61)46-31-16-17-32-47(46)57(58)62)53(66-37-41-22-8-4-9-23-41)55(68-39-43-26-12-6-13-27-43)54(52)67-38-42-24-10-5-11-25-42/h4-19,22-33,36,40,50-55,60H,2-3,20-21,34-35,37-39H2,1H3. The number of aliphatic hydroxyl groups excluding tert-OH is 1. The molecule has 13 heteroatoms. The molecule has 9 rings (SSSR count). The molecule has 6 aromatic carbocycles. The number of hydrogen-bond acceptors (Lipinski definition) is 10. The van der Waals surface area contributed by atoms with Crippen LogP contribution in [0.25, 0.3) is 10.9 Å². The molecule has 362 valence electrons.